The first kappa shape index (κ1) is 14.2. The molecule has 1 unspecified atom stereocenters. The Morgan fingerprint density at radius 1 is 1.25 bits per heavy atom. The van der Waals surface area contributed by atoms with E-state index in [0.29, 0.717) is 30.8 Å². The van der Waals surface area contributed by atoms with Crippen LogP contribution < -0.4 is 5.32 Å². The maximum absolute atomic E-state index is 12.1. The van der Waals surface area contributed by atoms with Crippen molar-refractivity contribution >= 4 is 23.3 Å². The number of nitrogens with zero attached hydrogens (tertiary/aromatic N) is 1. The van der Waals surface area contributed by atoms with Crippen LogP contribution in [0.5, 0.6) is 0 Å². The van der Waals surface area contributed by atoms with Gasteiger partial charge in [0.1, 0.15) is 5.78 Å². The molecule has 2 amide bonds. The standard InChI is InChI=1S/C15H18N2O3/c1-10-9-17(8-7-14(10)19)15(20)16-13-5-3-12(4-6-13)11(2)18/h3-6,10H,7-9H2,1-2H3,(H,16,20). The molecule has 0 spiro atoms. The van der Waals surface area contributed by atoms with E-state index in [2.05, 4.69) is 5.32 Å². The highest BCUT2D eigenvalue weighted by molar-refractivity contribution is 5.95. The molecule has 1 aromatic rings. The van der Waals surface area contributed by atoms with Gasteiger partial charge in [-0.25, -0.2) is 4.79 Å². The Kier molecular flexibility index (Phi) is 4.17. The number of benzene rings is 1. The van der Waals surface area contributed by atoms with Crippen LogP contribution in [0.4, 0.5) is 10.5 Å². The number of hydrogen-bond acceptors (Lipinski definition) is 3. The van der Waals surface area contributed by atoms with Gasteiger partial charge in [-0.1, -0.05) is 6.92 Å². The Morgan fingerprint density at radius 2 is 1.90 bits per heavy atom. The molecule has 20 heavy (non-hydrogen) atoms. The number of carbonyl (C=O) groups is 3. The third-order valence-corrected chi connectivity index (χ3v) is 3.50. The molecule has 0 bridgehead atoms. The second-order valence-electron chi connectivity index (χ2n) is 5.13. The highest BCUT2D eigenvalue weighted by Gasteiger charge is 2.26. The number of Topliss-reactive ketones (excluding diaryl/α,β-unsaturated/α-hetero) is 2. The lowest BCUT2D eigenvalue weighted by Gasteiger charge is -2.30. The van der Waals surface area contributed by atoms with E-state index in [1.807, 2.05) is 6.92 Å². The fraction of sp³-hybridized carbons (Fsp3) is 0.400. The Morgan fingerprint density at radius 3 is 2.45 bits per heavy atom. The molecular weight excluding hydrogens is 256 g/mol. The molecule has 1 aliphatic rings. The van der Waals surface area contributed by atoms with Crippen molar-refractivity contribution in [2.24, 2.45) is 5.92 Å². The zero-order valence-electron chi connectivity index (χ0n) is 11.7. The second kappa shape index (κ2) is 5.86. The number of carbonyl (C=O) groups excluding carboxylic acids is 3. The first-order chi connectivity index (χ1) is 9.47. The number of amides is 2. The normalized spacial score (nSPS) is 18.8. The summed E-state index contributed by atoms with van der Waals surface area (Å²) in [6.45, 7) is 4.25. The van der Waals surface area contributed by atoms with Crippen molar-refractivity contribution in [2.75, 3.05) is 18.4 Å². The van der Waals surface area contributed by atoms with Crippen molar-refractivity contribution in [3.8, 4) is 0 Å². The maximum atomic E-state index is 12.1. The van der Waals surface area contributed by atoms with Gasteiger partial charge in [0.15, 0.2) is 5.78 Å². The summed E-state index contributed by atoms with van der Waals surface area (Å²) in [6, 6.07) is 6.56. The van der Waals surface area contributed by atoms with E-state index in [0.717, 1.165) is 0 Å². The van der Waals surface area contributed by atoms with Gasteiger partial charge in [-0.05, 0) is 31.2 Å². The van der Waals surface area contributed by atoms with E-state index in [4.69, 9.17) is 0 Å². The van der Waals surface area contributed by atoms with Gasteiger partial charge in [-0.15, -0.1) is 0 Å². The number of anilines is 1. The lowest BCUT2D eigenvalue weighted by molar-refractivity contribution is -0.124. The zero-order chi connectivity index (χ0) is 14.7. The molecule has 1 fully saturated rings. The van der Waals surface area contributed by atoms with Crippen LogP contribution in [0, 0.1) is 5.92 Å². The van der Waals surface area contributed by atoms with Crippen LogP contribution in [-0.2, 0) is 4.79 Å². The summed E-state index contributed by atoms with van der Waals surface area (Å²) < 4.78 is 0. The molecule has 5 heteroatoms. The van der Waals surface area contributed by atoms with E-state index < -0.39 is 0 Å². The molecule has 5 nitrogen and oxygen atoms in total. The third-order valence-electron chi connectivity index (χ3n) is 3.50. The lowest BCUT2D eigenvalue weighted by Crippen LogP contribution is -2.45. The Labute approximate surface area is 118 Å². The molecule has 1 saturated heterocycles. The van der Waals surface area contributed by atoms with Crippen LogP contribution >= 0.6 is 0 Å². The molecule has 0 aliphatic carbocycles. The molecule has 1 heterocycles. The molecule has 0 saturated carbocycles. The average molecular weight is 274 g/mol. The fourth-order valence-electron chi connectivity index (χ4n) is 2.19. The topological polar surface area (TPSA) is 66.5 Å². The van der Waals surface area contributed by atoms with Gasteiger partial charge in [0.05, 0.1) is 0 Å². The van der Waals surface area contributed by atoms with E-state index in [1.165, 1.54) is 6.92 Å². The van der Waals surface area contributed by atoms with Crippen molar-refractivity contribution in [3.63, 3.8) is 0 Å². The molecule has 2 rings (SSSR count). The molecule has 1 atom stereocenters. The van der Waals surface area contributed by atoms with Gasteiger partial charge >= 0.3 is 6.03 Å². The largest absolute Gasteiger partial charge is 0.323 e. The molecule has 106 valence electrons. The molecule has 1 aromatic carbocycles. The predicted molar refractivity (Wildman–Crippen MR) is 75.8 cm³/mol. The van der Waals surface area contributed by atoms with Gasteiger partial charge in [0, 0.05) is 36.7 Å². The number of likely N-dealkylation sites (tertiary alicyclic amines) is 1. The zero-order valence-corrected chi connectivity index (χ0v) is 11.7. The van der Waals surface area contributed by atoms with Gasteiger partial charge in [-0.3, -0.25) is 9.59 Å². The van der Waals surface area contributed by atoms with E-state index in [9.17, 15) is 14.4 Å². The summed E-state index contributed by atoms with van der Waals surface area (Å²) in [4.78, 5) is 36.3. The quantitative estimate of drug-likeness (QED) is 0.842. The lowest BCUT2D eigenvalue weighted by atomic mass is 9.99. The van der Waals surface area contributed by atoms with Crippen LogP contribution in [0.25, 0.3) is 0 Å². The van der Waals surface area contributed by atoms with Crippen LogP contribution in [0.1, 0.15) is 30.6 Å². The van der Waals surface area contributed by atoms with E-state index in [1.54, 1.807) is 29.2 Å². The number of hydrogen-bond donors (Lipinski definition) is 1. The second-order valence-corrected chi connectivity index (χ2v) is 5.13. The SMILES string of the molecule is CC(=O)c1ccc(NC(=O)N2CCC(=O)C(C)C2)cc1. The molecule has 0 aromatic heterocycles. The number of nitrogens with one attached hydrogen (secondary N) is 1. The molecule has 1 aliphatic heterocycles. The highest BCUT2D eigenvalue weighted by Crippen LogP contribution is 2.15. The average Bonchev–Trinajstić information content (AvgIpc) is 2.42. The fourth-order valence-corrected chi connectivity index (χ4v) is 2.19. The van der Waals surface area contributed by atoms with Crippen molar-refractivity contribution in [3.05, 3.63) is 29.8 Å². The minimum Gasteiger partial charge on any atom is -0.323 e. The van der Waals surface area contributed by atoms with Gasteiger partial charge in [-0.2, -0.15) is 0 Å². The number of piperidine rings is 1. The van der Waals surface area contributed by atoms with E-state index in [-0.39, 0.29) is 23.5 Å². The smallest absolute Gasteiger partial charge is 0.321 e. The first-order valence-corrected chi connectivity index (χ1v) is 6.67. The van der Waals surface area contributed by atoms with Crippen molar-refractivity contribution in [2.45, 2.75) is 20.3 Å². The Balaban J connectivity index is 1.97. The predicted octanol–water partition coefficient (Wildman–Crippen LogP) is 2.33. The van der Waals surface area contributed by atoms with Crippen LogP contribution in [0.2, 0.25) is 0 Å². The third kappa shape index (κ3) is 3.23. The number of ketones is 2. The Hall–Kier alpha value is -2.17. The first-order valence-electron chi connectivity index (χ1n) is 6.67. The van der Waals surface area contributed by atoms with Crippen LogP contribution in [0.15, 0.2) is 24.3 Å². The summed E-state index contributed by atoms with van der Waals surface area (Å²) in [7, 11) is 0. The summed E-state index contributed by atoms with van der Waals surface area (Å²) in [5.74, 6) is 0.0979. The number of urea groups is 1. The van der Waals surface area contributed by atoms with Crippen molar-refractivity contribution < 1.29 is 14.4 Å². The number of rotatable bonds is 2. The van der Waals surface area contributed by atoms with Crippen LogP contribution in [0.3, 0.4) is 0 Å². The molecular formula is C15H18N2O3. The highest BCUT2D eigenvalue weighted by atomic mass is 16.2. The van der Waals surface area contributed by atoms with Crippen molar-refractivity contribution in [1.82, 2.24) is 4.90 Å². The van der Waals surface area contributed by atoms with Gasteiger partial charge in [0.25, 0.3) is 0 Å². The van der Waals surface area contributed by atoms with Crippen LogP contribution in [-0.4, -0.2) is 35.6 Å². The maximum Gasteiger partial charge on any atom is 0.321 e. The minimum absolute atomic E-state index is 0.00811. The summed E-state index contributed by atoms with van der Waals surface area (Å²) >= 11 is 0. The monoisotopic (exact) mass is 274 g/mol. The minimum atomic E-state index is -0.208. The van der Waals surface area contributed by atoms with Crippen molar-refractivity contribution in [1.29, 1.82) is 0 Å². The molecule has 1 N–H and O–H groups in total. The molecule has 0 radical (unpaired) electrons. The van der Waals surface area contributed by atoms with Gasteiger partial charge < -0.3 is 10.2 Å². The van der Waals surface area contributed by atoms with Gasteiger partial charge in [0.2, 0.25) is 0 Å². The Bertz CT molecular complexity index is 537. The van der Waals surface area contributed by atoms with E-state index >= 15 is 0 Å². The summed E-state index contributed by atoms with van der Waals surface area (Å²) in [5.41, 5.74) is 1.25. The summed E-state index contributed by atoms with van der Waals surface area (Å²) in [5, 5.41) is 2.78. The summed E-state index contributed by atoms with van der Waals surface area (Å²) in [6.07, 6.45) is 0.415.